The van der Waals surface area contributed by atoms with Crippen molar-refractivity contribution < 1.29 is 27.9 Å². The molecular formula is C16H19F3N2O3. The lowest BCUT2D eigenvalue weighted by molar-refractivity contribution is -0.188. The van der Waals surface area contributed by atoms with Crippen LogP contribution in [0.4, 0.5) is 18.9 Å². The largest absolute Gasteiger partial charge is 0.481 e. The van der Waals surface area contributed by atoms with Crippen LogP contribution in [0.25, 0.3) is 0 Å². The van der Waals surface area contributed by atoms with Crippen LogP contribution < -0.4 is 5.32 Å². The zero-order chi connectivity index (χ0) is 18.1. The van der Waals surface area contributed by atoms with Crippen molar-refractivity contribution in [3.8, 4) is 0 Å². The Labute approximate surface area is 137 Å². The molecule has 1 aliphatic heterocycles. The van der Waals surface area contributed by atoms with E-state index in [2.05, 4.69) is 5.32 Å². The third-order valence-corrected chi connectivity index (χ3v) is 4.17. The van der Waals surface area contributed by atoms with Gasteiger partial charge in [0.15, 0.2) is 0 Å². The molecule has 1 amide bonds. The number of amides is 1. The van der Waals surface area contributed by atoms with E-state index in [1.165, 1.54) is 4.90 Å². The Morgan fingerprint density at radius 3 is 2.50 bits per heavy atom. The number of hydrogen-bond acceptors (Lipinski definition) is 3. The van der Waals surface area contributed by atoms with Crippen LogP contribution in [0, 0.1) is 25.7 Å². The Bertz CT molecular complexity index is 646. The van der Waals surface area contributed by atoms with Gasteiger partial charge in [-0.2, -0.15) is 13.2 Å². The number of rotatable bonds is 4. The van der Waals surface area contributed by atoms with E-state index in [-0.39, 0.29) is 13.1 Å². The summed E-state index contributed by atoms with van der Waals surface area (Å²) in [7, 11) is 0. The van der Waals surface area contributed by atoms with Crippen LogP contribution in [0.5, 0.6) is 0 Å². The number of hydrogen-bond donors (Lipinski definition) is 2. The molecule has 5 nitrogen and oxygen atoms in total. The molecule has 1 aliphatic rings. The normalized spacial score (nSPS) is 21.7. The van der Waals surface area contributed by atoms with Crippen molar-refractivity contribution >= 4 is 17.6 Å². The van der Waals surface area contributed by atoms with Gasteiger partial charge >= 0.3 is 12.1 Å². The number of carboxylic acids is 1. The van der Waals surface area contributed by atoms with Crippen LogP contribution in [-0.4, -0.2) is 47.7 Å². The van der Waals surface area contributed by atoms with Gasteiger partial charge in [0.25, 0.3) is 0 Å². The SMILES string of the molecule is Cc1ccc(C)c(NC(=O)CN2C[C@@H](C(F)(F)F)[C@H](C(=O)O)C2)c1. The fourth-order valence-corrected chi connectivity index (χ4v) is 2.86. The Morgan fingerprint density at radius 1 is 1.29 bits per heavy atom. The second-order valence-electron chi connectivity index (χ2n) is 6.15. The number of carboxylic acid groups (broad SMARTS) is 1. The zero-order valence-electron chi connectivity index (χ0n) is 13.4. The van der Waals surface area contributed by atoms with Crippen LogP contribution in [0.1, 0.15) is 11.1 Å². The smallest absolute Gasteiger partial charge is 0.393 e. The summed E-state index contributed by atoms with van der Waals surface area (Å²) in [6.07, 6.45) is -4.60. The lowest BCUT2D eigenvalue weighted by Gasteiger charge is -2.18. The molecule has 24 heavy (non-hydrogen) atoms. The molecule has 0 saturated carbocycles. The van der Waals surface area contributed by atoms with E-state index in [1.54, 1.807) is 6.07 Å². The summed E-state index contributed by atoms with van der Waals surface area (Å²) in [6.45, 7) is 2.62. The first-order valence-electron chi connectivity index (χ1n) is 7.47. The highest BCUT2D eigenvalue weighted by Gasteiger charge is 2.52. The number of alkyl halides is 3. The summed E-state index contributed by atoms with van der Waals surface area (Å²) >= 11 is 0. The Kier molecular flexibility index (Phi) is 5.17. The molecule has 0 unspecified atom stereocenters. The van der Waals surface area contributed by atoms with Crippen molar-refractivity contribution in [2.75, 3.05) is 25.0 Å². The third-order valence-electron chi connectivity index (χ3n) is 4.17. The second kappa shape index (κ2) is 6.80. The molecule has 0 aliphatic carbocycles. The number of nitrogens with zero attached hydrogens (tertiary/aromatic N) is 1. The zero-order valence-corrected chi connectivity index (χ0v) is 13.4. The molecule has 8 heteroatoms. The van der Waals surface area contributed by atoms with E-state index in [9.17, 15) is 22.8 Å². The maximum atomic E-state index is 12.9. The van der Waals surface area contributed by atoms with Gasteiger partial charge in [-0.15, -0.1) is 0 Å². The monoisotopic (exact) mass is 344 g/mol. The van der Waals surface area contributed by atoms with Crippen molar-refractivity contribution in [1.82, 2.24) is 4.90 Å². The van der Waals surface area contributed by atoms with Gasteiger partial charge in [0.05, 0.1) is 18.4 Å². The molecule has 132 valence electrons. The molecule has 1 fully saturated rings. The van der Waals surface area contributed by atoms with Crippen molar-refractivity contribution in [2.24, 2.45) is 11.8 Å². The van der Waals surface area contributed by atoms with Crippen LogP contribution in [-0.2, 0) is 9.59 Å². The van der Waals surface area contributed by atoms with Gasteiger partial charge in [0, 0.05) is 18.8 Å². The lowest BCUT2D eigenvalue weighted by atomic mass is 9.96. The highest BCUT2D eigenvalue weighted by molar-refractivity contribution is 5.93. The lowest BCUT2D eigenvalue weighted by Crippen LogP contribution is -2.34. The van der Waals surface area contributed by atoms with Crippen LogP contribution >= 0.6 is 0 Å². The maximum Gasteiger partial charge on any atom is 0.393 e. The van der Waals surface area contributed by atoms with E-state index in [1.807, 2.05) is 26.0 Å². The minimum absolute atomic E-state index is 0.274. The molecular weight excluding hydrogens is 325 g/mol. The summed E-state index contributed by atoms with van der Waals surface area (Å²) in [5, 5.41) is 11.6. The highest BCUT2D eigenvalue weighted by Crippen LogP contribution is 2.37. The first kappa shape index (κ1) is 18.3. The third kappa shape index (κ3) is 4.25. The predicted octanol–water partition coefficient (Wildman–Crippen LogP) is 2.44. The van der Waals surface area contributed by atoms with E-state index in [0.29, 0.717) is 5.69 Å². The first-order valence-corrected chi connectivity index (χ1v) is 7.47. The summed E-state index contributed by atoms with van der Waals surface area (Å²) in [6, 6.07) is 5.49. The number of benzene rings is 1. The minimum Gasteiger partial charge on any atom is -0.481 e. The van der Waals surface area contributed by atoms with Crippen molar-refractivity contribution in [2.45, 2.75) is 20.0 Å². The number of aryl methyl sites for hydroxylation is 2. The summed E-state index contributed by atoms with van der Waals surface area (Å²) in [4.78, 5) is 24.4. The first-order chi connectivity index (χ1) is 11.1. The van der Waals surface area contributed by atoms with Gasteiger partial charge in [-0.1, -0.05) is 12.1 Å². The number of nitrogens with one attached hydrogen (secondary N) is 1. The van der Waals surface area contributed by atoms with Gasteiger partial charge in [-0.05, 0) is 31.0 Å². The standard InChI is InChI=1S/C16H19F3N2O3/c1-9-3-4-10(2)13(5-9)20-14(22)8-21-6-11(15(23)24)12(7-21)16(17,18)19/h3-5,11-12H,6-8H2,1-2H3,(H,20,22)(H,23,24)/t11-,12-/m1/s1. The van der Waals surface area contributed by atoms with Gasteiger partial charge < -0.3 is 10.4 Å². The Morgan fingerprint density at radius 2 is 1.96 bits per heavy atom. The van der Waals surface area contributed by atoms with Crippen molar-refractivity contribution in [3.63, 3.8) is 0 Å². The fraction of sp³-hybridized carbons (Fsp3) is 0.500. The summed E-state index contributed by atoms with van der Waals surface area (Å²) in [5.74, 6) is -5.45. The van der Waals surface area contributed by atoms with Gasteiger partial charge in [-0.3, -0.25) is 14.5 Å². The molecule has 2 N–H and O–H groups in total. The number of anilines is 1. The van der Waals surface area contributed by atoms with E-state index < -0.39 is 36.4 Å². The van der Waals surface area contributed by atoms with Crippen molar-refractivity contribution in [3.05, 3.63) is 29.3 Å². The molecule has 0 radical (unpaired) electrons. The average Bonchev–Trinajstić information content (AvgIpc) is 2.87. The molecule has 1 heterocycles. The average molecular weight is 344 g/mol. The quantitative estimate of drug-likeness (QED) is 0.880. The minimum atomic E-state index is -4.60. The number of carbonyl (C=O) groups is 2. The van der Waals surface area contributed by atoms with Gasteiger partial charge in [-0.25, -0.2) is 0 Å². The number of aliphatic carboxylic acids is 1. The second-order valence-corrected chi connectivity index (χ2v) is 6.15. The van der Waals surface area contributed by atoms with E-state index in [0.717, 1.165) is 11.1 Å². The molecule has 0 bridgehead atoms. The van der Waals surface area contributed by atoms with Crippen LogP contribution in [0.2, 0.25) is 0 Å². The number of carbonyl (C=O) groups excluding carboxylic acids is 1. The fourth-order valence-electron chi connectivity index (χ4n) is 2.86. The number of likely N-dealkylation sites (tertiary alicyclic amines) is 1. The maximum absolute atomic E-state index is 12.9. The predicted molar refractivity (Wildman–Crippen MR) is 81.7 cm³/mol. The van der Waals surface area contributed by atoms with E-state index in [4.69, 9.17) is 5.11 Å². The highest BCUT2D eigenvalue weighted by atomic mass is 19.4. The van der Waals surface area contributed by atoms with Crippen LogP contribution in [0.3, 0.4) is 0 Å². The Hall–Kier alpha value is -2.09. The summed E-state index contributed by atoms with van der Waals surface area (Å²) in [5.41, 5.74) is 2.38. The molecule has 0 spiro atoms. The molecule has 1 aromatic carbocycles. The van der Waals surface area contributed by atoms with E-state index >= 15 is 0 Å². The van der Waals surface area contributed by atoms with Gasteiger partial charge in [0.1, 0.15) is 0 Å². The van der Waals surface area contributed by atoms with Crippen LogP contribution in [0.15, 0.2) is 18.2 Å². The molecule has 0 aromatic heterocycles. The van der Waals surface area contributed by atoms with Gasteiger partial charge in [0.2, 0.25) is 5.91 Å². The molecule has 1 aromatic rings. The van der Waals surface area contributed by atoms with Crippen molar-refractivity contribution in [1.29, 1.82) is 0 Å². The number of halogens is 3. The molecule has 1 saturated heterocycles. The Balaban J connectivity index is 2.02. The summed E-state index contributed by atoms with van der Waals surface area (Å²) < 4.78 is 38.8. The molecule has 2 rings (SSSR count). The molecule has 2 atom stereocenters. The topological polar surface area (TPSA) is 69.6 Å².